The zero-order valence-corrected chi connectivity index (χ0v) is 10.7. The van der Waals surface area contributed by atoms with Gasteiger partial charge in [-0.3, -0.25) is 4.79 Å². The van der Waals surface area contributed by atoms with E-state index in [4.69, 9.17) is 4.74 Å². The zero-order chi connectivity index (χ0) is 12.4. The number of nitrogens with zero attached hydrogens (tertiary/aromatic N) is 1. The first-order chi connectivity index (χ1) is 7.59. The summed E-state index contributed by atoms with van der Waals surface area (Å²) >= 11 is 0. The summed E-state index contributed by atoms with van der Waals surface area (Å²) in [7, 11) is 1.81. The number of ether oxygens (including phenoxy) is 1. The van der Waals surface area contributed by atoms with Gasteiger partial charge < -0.3 is 15.0 Å². The van der Waals surface area contributed by atoms with Crippen LogP contribution in [0.15, 0.2) is 12.7 Å². The fourth-order valence-corrected chi connectivity index (χ4v) is 1.02. The van der Waals surface area contributed by atoms with E-state index < -0.39 is 0 Å². The normalized spacial score (nSPS) is 10.5. The highest BCUT2D eigenvalue weighted by Crippen LogP contribution is 1.92. The maximum absolute atomic E-state index is 11.5. The van der Waals surface area contributed by atoms with Crippen LogP contribution >= 0.6 is 0 Å². The van der Waals surface area contributed by atoms with Crippen LogP contribution in [0.1, 0.15) is 20.3 Å². The summed E-state index contributed by atoms with van der Waals surface area (Å²) in [5, 5.41) is 3.06. The van der Waals surface area contributed by atoms with E-state index in [1.54, 1.807) is 4.90 Å². The summed E-state index contributed by atoms with van der Waals surface area (Å²) in [6, 6.07) is 0.248. The number of hydrogen-bond acceptors (Lipinski definition) is 3. The number of amides is 1. The number of carbonyl (C=O) groups excluding carboxylic acids is 1. The molecule has 0 spiro atoms. The lowest BCUT2D eigenvalue weighted by atomic mass is 10.3. The van der Waals surface area contributed by atoms with Gasteiger partial charge in [-0.05, 0) is 20.3 Å². The average Bonchev–Trinajstić information content (AvgIpc) is 2.26. The second-order valence-corrected chi connectivity index (χ2v) is 3.96. The predicted octanol–water partition coefficient (Wildman–Crippen LogP) is 1.04. The van der Waals surface area contributed by atoms with Gasteiger partial charge in [0.05, 0.1) is 19.8 Å². The Bertz CT molecular complexity index is 205. The van der Waals surface area contributed by atoms with Crippen LogP contribution in [-0.4, -0.2) is 50.2 Å². The van der Waals surface area contributed by atoms with Gasteiger partial charge in [0.1, 0.15) is 0 Å². The van der Waals surface area contributed by atoms with Crippen molar-refractivity contribution >= 4 is 5.91 Å². The van der Waals surface area contributed by atoms with Crippen molar-refractivity contribution in [1.82, 2.24) is 10.2 Å². The van der Waals surface area contributed by atoms with Crippen molar-refractivity contribution < 1.29 is 9.53 Å². The van der Waals surface area contributed by atoms with Crippen molar-refractivity contribution in [1.29, 1.82) is 0 Å². The molecule has 0 bridgehead atoms. The van der Waals surface area contributed by atoms with E-state index in [2.05, 4.69) is 11.9 Å². The highest BCUT2D eigenvalue weighted by Gasteiger charge is 2.10. The molecule has 0 heterocycles. The summed E-state index contributed by atoms with van der Waals surface area (Å²) < 4.78 is 5.31. The lowest BCUT2D eigenvalue weighted by Crippen LogP contribution is -2.40. The van der Waals surface area contributed by atoms with Crippen molar-refractivity contribution in [2.45, 2.75) is 26.3 Å². The minimum atomic E-state index is 0.112. The molecule has 1 amide bonds. The van der Waals surface area contributed by atoms with Crippen molar-refractivity contribution in [3.8, 4) is 0 Å². The quantitative estimate of drug-likeness (QED) is 0.473. The zero-order valence-electron chi connectivity index (χ0n) is 10.7. The molecule has 0 aromatic rings. The lowest BCUT2D eigenvalue weighted by Gasteiger charge is -2.21. The Morgan fingerprint density at radius 1 is 1.50 bits per heavy atom. The van der Waals surface area contributed by atoms with Crippen LogP contribution in [0, 0.1) is 0 Å². The number of rotatable bonds is 9. The van der Waals surface area contributed by atoms with E-state index in [1.807, 2.05) is 27.0 Å². The second kappa shape index (κ2) is 9.36. The van der Waals surface area contributed by atoms with Crippen LogP contribution in [0.4, 0.5) is 0 Å². The minimum absolute atomic E-state index is 0.112. The third-order valence-electron chi connectivity index (χ3n) is 2.33. The largest absolute Gasteiger partial charge is 0.380 e. The van der Waals surface area contributed by atoms with Crippen molar-refractivity contribution in [3.05, 3.63) is 12.7 Å². The van der Waals surface area contributed by atoms with Gasteiger partial charge >= 0.3 is 0 Å². The number of nitrogens with one attached hydrogen (secondary N) is 1. The topological polar surface area (TPSA) is 41.6 Å². The third kappa shape index (κ3) is 7.43. The fraction of sp³-hybridized carbons (Fsp3) is 0.750. The Labute approximate surface area is 98.6 Å². The van der Waals surface area contributed by atoms with Gasteiger partial charge in [0.25, 0.3) is 0 Å². The summed E-state index contributed by atoms with van der Waals surface area (Å²) in [4.78, 5) is 13.3. The van der Waals surface area contributed by atoms with Crippen LogP contribution < -0.4 is 5.32 Å². The smallest absolute Gasteiger partial charge is 0.236 e. The van der Waals surface area contributed by atoms with Gasteiger partial charge in [0.2, 0.25) is 5.91 Å². The molecule has 0 atom stereocenters. The van der Waals surface area contributed by atoms with Crippen molar-refractivity contribution in [3.63, 3.8) is 0 Å². The lowest BCUT2D eigenvalue weighted by molar-refractivity contribution is -0.130. The molecular weight excluding hydrogens is 204 g/mol. The molecule has 4 heteroatoms. The molecule has 0 fully saturated rings. The van der Waals surface area contributed by atoms with Gasteiger partial charge in [0.15, 0.2) is 0 Å². The molecule has 4 nitrogen and oxygen atoms in total. The first-order valence-electron chi connectivity index (χ1n) is 5.74. The monoisotopic (exact) mass is 228 g/mol. The molecule has 0 unspecified atom stereocenters. The van der Waals surface area contributed by atoms with Gasteiger partial charge in [-0.2, -0.15) is 0 Å². The molecule has 0 radical (unpaired) electrons. The number of carbonyl (C=O) groups is 1. The Kier molecular flexibility index (Phi) is 8.85. The molecule has 0 aliphatic rings. The van der Waals surface area contributed by atoms with Crippen LogP contribution in [0.2, 0.25) is 0 Å². The van der Waals surface area contributed by atoms with E-state index >= 15 is 0 Å². The highest BCUT2D eigenvalue weighted by molar-refractivity contribution is 5.78. The maximum Gasteiger partial charge on any atom is 0.236 e. The van der Waals surface area contributed by atoms with E-state index in [1.165, 1.54) is 0 Å². The molecular formula is C12H24N2O2. The van der Waals surface area contributed by atoms with E-state index in [0.717, 1.165) is 6.42 Å². The fourth-order valence-electron chi connectivity index (χ4n) is 1.02. The first kappa shape index (κ1) is 15.1. The molecule has 0 aliphatic carbocycles. The Morgan fingerprint density at radius 3 is 2.75 bits per heavy atom. The molecule has 16 heavy (non-hydrogen) atoms. The summed E-state index contributed by atoms with van der Waals surface area (Å²) in [5.74, 6) is 0.112. The maximum atomic E-state index is 11.5. The van der Waals surface area contributed by atoms with Gasteiger partial charge in [-0.25, -0.2) is 0 Å². The number of hydrogen-bond donors (Lipinski definition) is 1. The van der Waals surface area contributed by atoms with Crippen LogP contribution in [0.3, 0.4) is 0 Å². The Morgan fingerprint density at radius 2 is 2.19 bits per heavy atom. The SMILES string of the molecule is C=CCCOCCNCC(=O)N(C)C(C)C. The second-order valence-electron chi connectivity index (χ2n) is 3.96. The molecule has 94 valence electrons. The molecule has 1 N–H and O–H groups in total. The van der Waals surface area contributed by atoms with Crippen LogP contribution in [-0.2, 0) is 9.53 Å². The van der Waals surface area contributed by atoms with Gasteiger partial charge in [0, 0.05) is 19.6 Å². The van der Waals surface area contributed by atoms with E-state index in [0.29, 0.717) is 26.3 Å². The molecule has 0 aromatic heterocycles. The molecule has 0 aliphatic heterocycles. The Hall–Kier alpha value is -0.870. The van der Waals surface area contributed by atoms with Crippen molar-refractivity contribution in [2.75, 3.05) is 33.4 Å². The van der Waals surface area contributed by atoms with Crippen molar-refractivity contribution in [2.24, 2.45) is 0 Å². The Balaban J connectivity index is 3.37. The summed E-state index contributed by atoms with van der Waals surface area (Å²) in [6.45, 7) is 10.0. The molecule has 0 saturated heterocycles. The van der Waals surface area contributed by atoms with Crippen LogP contribution in [0.5, 0.6) is 0 Å². The summed E-state index contributed by atoms with van der Waals surface area (Å²) in [6.07, 6.45) is 2.70. The van der Waals surface area contributed by atoms with Crippen LogP contribution in [0.25, 0.3) is 0 Å². The average molecular weight is 228 g/mol. The number of likely N-dealkylation sites (N-methyl/N-ethyl adjacent to an activating group) is 1. The highest BCUT2D eigenvalue weighted by atomic mass is 16.5. The van der Waals surface area contributed by atoms with E-state index in [-0.39, 0.29) is 11.9 Å². The van der Waals surface area contributed by atoms with Gasteiger partial charge in [-0.1, -0.05) is 6.08 Å². The molecule has 0 aromatic carbocycles. The third-order valence-corrected chi connectivity index (χ3v) is 2.33. The predicted molar refractivity (Wildman–Crippen MR) is 66.4 cm³/mol. The van der Waals surface area contributed by atoms with E-state index in [9.17, 15) is 4.79 Å². The van der Waals surface area contributed by atoms with Gasteiger partial charge in [-0.15, -0.1) is 6.58 Å². The standard InChI is InChI=1S/C12H24N2O2/c1-5-6-8-16-9-7-13-10-12(15)14(4)11(2)3/h5,11,13H,1,6-10H2,2-4H3. The molecule has 0 rings (SSSR count). The minimum Gasteiger partial charge on any atom is -0.380 e. The molecule has 0 saturated carbocycles. The first-order valence-corrected chi connectivity index (χ1v) is 5.74. The summed E-state index contributed by atoms with van der Waals surface area (Å²) in [5.41, 5.74) is 0.